The lowest BCUT2D eigenvalue weighted by molar-refractivity contribution is -0.141. The number of amides is 1. The molecule has 1 unspecified atom stereocenters. The van der Waals surface area contributed by atoms with Crippen molar-refractivity contribution in [1.82, 2.24) is 10.6 Å². The quantitative estimate of drug-likeness (QED) is 0.609. The third kappa shape index (κ3) is 6.42. The zero-order valence-electron chi connectivity index (χ0n) is 8.67. The second-order valence-electron chi connectivity index (χ2n) is 3.23. The molecular weight excluding hydrogens is 184 g/mol. The molecule has 0 aromatic rings. The molecule has 82 valence electrons. The van der Waals surface area contributed by atoms with Gasteiger partial charge in [0.25, 0.3) is 0 Å². The molecule has 5 heteroatoms. The normalized spacial score (nSPS) is 16.6. The van der Waals surface area contributed by atoms with Gasteiger partial charge in [-0.15, -0.1) is 0 Å². The van der Waals surface area contributed by atoms with Crippen LogP contribution in [-0.2, 0) is 9.59 Å². The average molecular weight is 202 g/mol. The summed E-state index contributed by atoms with van der Waals surface area (Å²) in [5.41, 5.74) is 0. The number of carboxylic acid groups (broad SMARTS) is 1. The Morgan fingerprint density at radius 3 is 2.43 bits per heavy atom. The van der Waals surface area contributed by atoms with Crippen LogP contribution in [0.5, 0.6) is 0 Å². The van der Waals surface area contributed by atoms with Crippen LogP contribution in [0.25, 0.3) is 0 Å². The average Bonchev–Trinajstić information content (AvgIpc) is 2.57. The monoisotopic (exact) mass is 202 g/mol. The number of hydrogen-bond acceptors (Lipinski definition) is 3. The molecular formula is C9H18N2O3. The third-order valence-corrected chi connectivity index (χ3v) is 1.84. The molecule has 0 saturated carbocycles. The van der Waals surface area contributed by atoms with Crippen molar-refractivity contribution >= 4 is 11.9 Å². The van der Waals surface area contributed by atoms with Crippen LogP contribution in [-0.4, -0.2) is 30.2 Å². The Labute approximate surface area is 83.9 Å². The maximum atomic E-state index is 10.1. The first-order valence-electron chi connectivity index (χ1n) is 4.78. The molecule has 0 aromatic carbocycles. The van der Waals surface area contributed by atoms with Gasteiger partial charge in [0.1, 0.15) is 0 Å². The van der Waals surface area contributed by atoms with Crippen LogP contribution in [0.3, 0.4) is 0 Å². The summed E-state index contributed by atoms with van der Waals surface area (Å²) in [5, 5.41) is 13.7. The molecule has 1 fully saturated rings. The SMILES string of the molecule is CCCC(C)C(=O)O.O=C1CNCN1. The fourth-order valence-corrected chi connectivity index (χ4v) is 0.956. The zero-order chi connectivity index (χ0) is 11.0. The summed E-state index contributed by atoms with van der Waals surface area (Å²) < 4.78 is 0. The lowest BCUT2D eigenvalue weighted by Crippen LogP contribution is -2.14. The Morgan fingerprint density at radius 1 is 1.64 bits per heavy atom. The van der Waals surface area contributed by atoms with E-state index in [0.29, 0.717) is 13.2 Å². The van der Waals surface area contributed by atoms with Crippen molar-refractivity contribution in [3.63, 3.8) is 0 Å². The van der Waals surface area contributed by atoms with E-state index in [2.05, 4.69) is 10.6 Å². The van der Waals surface area contributed by atoms with E-state index in [4.69, 9.17) is 5.11 Å². The van der Waals surface area contributed by atoms with Gasteiger partial charge in [-0.1, -0.05) is 20.3 Å². The lowest BCUT2D eigenvalue weighted by Gasteiger charge is -2.00. The highest BCUT2D eigenvalue weighted by Gasteiger charge is 2.07. The van der Waals surface area contributed by atoms with Crippen molar-refractivity contribution in [2.24, 2.45) is 5.92 Å². The van der Waals surface area contributed by atoms with Crippen LogP contribution < -0.4 is 10.6 Å². The Balaban J connectivity index is 0.000000249. The van der Waals surface area contributed by atoms with Gasteiger partial charge < -0.3 is 10.4 Å². The van der Waals surface area contributed by atoms with Crippen molar-refractivity contribution in [3.05, 3.63) is 0 Å². The van der Waals surface area contributed by atoms with Crippen LogP contribution in [0.2, 0.25) is 0 Å². The molecule has 5 nitrogen and oxygen atoms in total. The fraction of sp³-hybridized carbons (Fsp3) is 0.778. The summed E-state index contributed by atoms with van der Waals surface area (Å²) in [4.78, 5) is 20.2. The van der Waals surface area contributed by atoms with E-state index in [-0.39, 0.29) is 11.8 Å². The largest absolute Gasteiger partial charge is 0.481 e. The van der Waals surface area contributed by atoms with Gasteiger partial charge in [0.05, 0.1) is 19.1 Å². The van der Waals surface area contributed by atoms with Gasteiger partial charge in [-0.3, -0.25) is 14.9 Å². The molecule has 0 aromatic heterocycles. The maximum absolute atomic E-state index is 10.1. The van der Waals surface area contributed by atoms with Crippen LogP contribution in [0.15, 0.2) is 0 Å². The highest BCUT2D eigenvalue weighted by Crippen LogP contribution is 2.03. The number of aliphatic carboxylic acids is 1. The van der Waals surface area contributed by atoms with Crippen molar-refractivity contribution in [2.45, 2.75) is 26.7 Å². The first-order chi connectivity index (χ1) is 6.57. The Morgan fingerprint density at radius 2 is 2.29 bits per heavy atom. The number of hydrogen-bond donors (Lipinski definition) is 3. The van der Waals surface area contributed by atoms with Crippen LogP contribution in [0.1, 0.15) is 26.7 Å². The summed E-state index contributed by atoms with van der Waals surface area (Å²) in [7, 11) is 0. The Hall–Kier alpha value is -1.10. The highest BCUT2D eigenvalue weighted by atomic mass is 16.4. The molecule has 0 aliphatic carbocycles. The van der Waals surface area contributed by atoms with Crippen molar-refractivity contribution in [2.75, 3.05) is 13.2 Å². The fourth-order valence-electron chi connectivity index (χ4n) is 0.956. The summed E-state index contributed by atoms with van der Waals surface area (Å²) >= 11 is 0. The van der Waals surface area contributed by atoms with E-state index >= 15 is 0 Å². The zero-order valence-corrected chi connectivity index (χ0v) is 8.67. The first kappa shape index (κ1) is 12.9. The first-order valence-corrected chi connectivity index (χ1v) is 4.78. The lowest BCUT2D eigenvalue weighted by atomic mass is 10.1. The summed E-state index contributed by atoms with van der Waals surface area (Å²) in [5.74, 6) is -0.762. The summed E-state index contributed by atoms with van der Waals surface area (Å²) in [6, 6.07) is 0. The molecule has 1 amide bonds. The van der Waals surface area contributed by atoms with E-state index in [1.165, 1.54) is 0 Å². The van der Waals surface area contributed by atoms with Crippen molar-refractivity contribution in [1.29, 1.82) is 0 Å². The van der Waals surface area contributed by atoms with E-state index in [0.717, 1.165) is 12.8 Å². The van der Waals surface area contributed by atoms with Gasteiger partial charge in [0.15, 0.2) is 0 Å². The van der Waals surface area contributed by atoms with Crippen LogP contribution in [0, 0.1) is 5.92 Å². The van der Waals surface area contributed by atoms with E-state index in [1.807, 2.05) is 6.92 Å². The van der Waals surface area contributed by atoms with Gasteiger partial charge in [-0.05, 0) is 6.42 Å². The molecule has 3 N–H and O–H groups in total. The Bertz CT molecular complexity index is 186. The minimum absolute atomic E-state index is 0.0926. The highest BCUT2D eigenvalue weighted by molar-refractivity contribution is 5.79. The van der Waals surface area contributed by atoms with Gasteiger partial charge in [0.2, 0.25) is 5.91 Å². The maximum Gasteiger partial charge on any atom is 0.306 e. The van der Waals surface area contributed by atoms with Gasteiger partial charge >= 0.3 is 5.97 Å². The van der Waals surface area contributed by atoms with Crippen LogP contribution in [0.4, 0.5) is 0 Å². The number of rotatable bonds is 3. The van der Waals surface area contributed by atoms with Gasteiger partial charge in [-0.25, -0.2) is 0 Å². The molecule has 1 rings (SSSR count). The summed E-state index contributed by atoms with van der Waals surface area (Å²) in [6.45, 7) is 4.84. The Kier molecular flexibility index (Phi) is 6.74. The van der Waals surface area contributed by atoms with E-state index in [9.17, 15) is 9.59 Å². The molecule has 0 spiro atoms. The number of carbonyl (C=O) groups is 2. The van der Waals surface area contributed by atoms with Crippen LogP contribution >= 0.6 is 0 Å². The second-order valence-corrected chi connectivity index (χ2v) is 3.23. The molecule has 1 aliphatic heterocycles. The predicted octanol–water partition coefficient (Wildman–Crippen LogP) is 0.171. The van der Waals surface area contributed by atoms with E-state index in [1.54, 1.807) is 6.92 Å². The van der Waals surface area contributed by atoms with Gasteiger partial charge in [-0.2, -0.15) is 0 Å². The number of nitrogens with one attached hydrogen (secondary N) is 2. The minimum atomic E-state index is -0.688. The number of carbonyl (C=O) groups excluding carboxylic acids is 1. The molecule has 14 heavy (non-hydrogen) atoms. The third-order valence-electron chi connectivity index (χ3n) is 1.84. The summed E-state index contributed by atoms with van der Waals surface area (Å²) in [6.07, 6.45) is 1.74. The molecule has 1 heterocycles. The topological polar surface area (TPSA) is 78.4 Å². The molecule has 1 saturated heterocycles. The van der Waals surface area contributed by atoms with E-state index < -0.39 is 5.97 Å². The minimum Gasteiger partial charge on any atom is -0.481 e. The molecule has 1 atom stereocenters. The second kappa shape index (κ2) is 7.32. The predicted molar refractivity (Wildman–Crippen MR) is 52.7 cm³/mol. The molecule has 0 radical (unpaired) electrons. The molecule has 0 bridgehead atoms. The standard InChI is InChI=1S/C6H12O2.C3H6N2O/c1-3-4-5(2)6(7)8;6-3-1-4-2-5-3/h5H,3-4H2,1-2H3,(H,7,8);4H,1-2H2,(H,5,6). The van der Waals surface area contributed by atoms with Gasteiger partial charge in [0, 0.05) is 0 Å². The number of carboxylic acids is 1. The van der Waals surface area contributed by atoms with Crippen molar-refractivity contribution in [3.8, 4) is 0 Å². The molecule has 1 aliphatic rings. The van der Waals surface area contributed by atoms with Crippen molar-refractivity contribution < 1.29 is 14.7 Å². The smallest absolute Gasteiger partial charge is 0.306 e.